The largest absolute Gasteiger partial charge is 0.314 e. The Labute approximate surface area is 118 Å². The first kappa shape index (κ1) is 14.2. The Morgan fingerprint density at radius 2 is 2.11 bits per heavy atom. The van der Waals surface area contributed by atoms with Crippen LogP contribution in [0.2, 0.25) is 5.15 Å². The fourth-order valence-electron chi connectivity index (χ4n) is 2.11. The molecule has 0 aliphatic carbocycles. The van der Waals surface area contributed by atoms with Gasteiger partial charge in [0.2, 0.25) is 5.91 Å². The van der Waals surface area contributed by atoms with Crippen LogP contribution in [0.1, 0.15) is 13.8 Å². The summed E-state index contributed by atoms with van der Waals surface area (Å²) in [5.74, 6) is 0.421. The van der Waals surface area contributed by atoms with Crippen LogP contribution >= 0.6 is 11.6 Å². The van der Waals surface area contributed by atoms with Gasteiger partial charge in [0.1, 0.15) is 11.0 Å². The summed E-state index contributed by atoms with van der Waals surface area (Å²) in [7, 11) is 0. The van der Waals surface area contributed by atoms with Crippen molar-refractivity contribution in [1.29, 1.82) is 0 Å². The van der Waals surface area contributed by atoms with E-state index in [4.69, 9.17) is 11.6 Å². The quantitative estimate of drug-likeness (QED) is 0.822. The molecule has 1 aromatic rings. The van der Waals surface area contributed by atoms with Gasteiger partial charge in [0.25, 0.3) is 0 Å². The first-order valence-corrected chi connectivity index (χ1v) is 6.78. The van der Waals surface area contributed by atoms with Crippen molar-refractivity contribution in [2.24, 2.45) is 0 Å². The second kappa shape index (κ2) is 5.86. The van der Waals surface area contributed by atoms with Crippen LogP contribution in [0.4, 0.5) is 5.82 Å². The zero-order chi connectivity index (χ0) is 13.9. The van der Waals surface area contributed by atoms with Crippen LogP contribution in [0, 0.1) is 0 Å². The molecule has 2 N–H and O–H groups in total. The molecule has 6 heteroatoms. The van der Waals surface area contributed by atoms with Gasteiger partial charge in [-0.3, -0.25) is 9.69 Å². The van der Waals surface area contributed by atoms with E-state index in [0.29, 0.717) is 11.0 Å². The van der Waals surface area contributed by atoms with Crippen LogP contribution in [0.15, 0.2) is 18.2 Å². The molecular weight excluding hydrogens is 264 g/mol. The van der Waals surface area contributed by atoms with E-state index in [0.717, 1.165) is 26.2 Å². The van der Waals surface area contributed by atoms with Crippen molar-refractivity contribution >= 4 is 23.3 Å². The Kier molecular flexibility index (Phi) is 4.39. The van der Waals surface area contributed by atoms with Gasteiger partial charge < -0.3 is 10.6 Å². The Morgan fingerprint density at radius 3 is 2.74 bits per heavy atom. The lowest BCUT2D eigenvalue weighted by Crippen LogP contribution is -2.58. The SMILES string of the molecule is CC(C)(C(=O)Nc1cccc(Cl)n1)N1CCNCC1. The predicted octanol–water partition coefficient (Wildman–Crippen LogP) is 1.36. The minimum atomic E-state index is -0.563. The van der Waals surface area contributed by atoms with Crippen molar-refractivity contribution in [3.05, 3.63) is 23.4 Å². The summed E-state index contributed by atoms with van der Waals surface area (Å²) in [4.78, 5) is 18.6. The van der Waals surface area contributed by atoms with E-state index in [1.807, 2.05) is 13.8 Å². The Balaban J connectivity index is 2.05. The number of piperazine rings is 1. The summed E-state index contributed by atoms with van der Waals surface area (Å²) < 4.78 is 0. The van der Waals surface area contributed by atoms with Gasteiger partial charge in [0.15, 0.2) is 0 Å². The number of nitrogens with zero attached hydrogens (tertiary/aromatic N) is 2. The lowest BCUT2D eigenvalue weighted by atomic mass is 10.0. The van der Waals surface area contributed by atoms with Gasteiger partial charge in [-0.2, -0.15) is 0 Å². The van der Waals surface area contributed by atoms with Crippen LogP contribution in [0.3, 0.4) is 0 Å². The average Bonchev–Trinajstić information content (AvgIpc) is 2.39. The first-order valence-electron chi connectivity index (χ1n) is 6.40. The molecule has 1 aliphatic heterocycles. The molecule has 0 radical (unpaired) electrons. The maximum absolute atomic E-state index is 12.4. The summed E-state index contributed by atoms with van der Waals surface area (Å²) in [6.45, 7) is 7.40. The topological polar surface area (TPSA) is 57.3 Å². The van der Waals surface area contributed by atoms with Crippen molar-refractivity contribution in [2.45, 2.75) is 19.4 Å². The van der Waals surface area contributed by atoms with Gasteiger partial charge in [-0.1, -0.05) is 17.7 Å². The molecule has 1 saturated heterocycles. The summed E-state index contributed by atoms with van der Waals surface area (Å²) in [5.41, 5.74) is -0.563. The molecule has 0 aromatic carbocycles. The van der Waals surface area contributed by atoms with E-state index in [9.17, 15) is 4.79 Å². The highest BCUT2D eigenvalue weighted by molar-refractivity contribution is 6.29. The molecule has 1 fully saturated rings. The molecule has 0 spiro atoms. The molecule has 0 bridgehead atoms. The van der Waals surface area contributed by atoms with Crippen molar-refractivity contribution in [3.63, 3.8) is 0 Å². The maximum atomic E-state index is 12.4. The third-order valence-corrected chi connectivity index (χ3v) is 3.63. The number of carbonyl (C=O) groups excluding carboxylic acids is 1. The van der Waals surface area contributed by atoms with Crippen LogP contribution in [-0.2, 0) is 4.79 Å². The minimum Gasteiger partial charge on any atom is -0.314 e. The Bertz CT molecular complexity index is 458. The van der Waals surface area contributed by atoms with Crippen LogP contribution in [0.5, 0.6) is 0 Å². The minimum absolute atomic E-state index is 0.0656. The highest BCUT2D eigenvalue weighted by Crippen LogP contribution is 2.18. The normalized spacial score (nSPS) is 17.2. The Morgan fingerprint density at radius 1 is 1.42 bits per heavy atom. The highest BCUT2D eigenvalue weighted by atomic mass is 35.5. The van der Waals surface area contributed by atoms with Gasteiger partial charge in [-0.05, 0) is 26.0 Å². The van der Waals surface area contributed by atoms with Gasteiger partial charge >= 0.3 is 0 Å². The number of anilines is 1. The van der Waals surface area contributed by atoms with Crippen molar-refractivity contribution < 1.29 is 4.79 Å². The van der Waals surface area contributed by atoms with E-state index >= 15 is 0 Å². The monoisotopic (exact) mass is 282 g/mol. The van der Waals surface area contributed by atoms with Crippen LogP contribution in [-0.4, -0.2) is 47.5 Å². The van der Waals surface area contributed by atoms with E-state index in [-0.39, 0.29) is 5.91 Å². The van der Waals surface area contributed by atoms with E-state index in [1.165, 1.54) is 0 Å². The summed E-state index contributed by atoms with van der Waals surface area (Å²) >= 11 is 5.81. The molecule has 5 nitrogen and oxygen atoms in total. The smallest absolute Gasteiger partial charge is 0.245 e. The molecular formula is C13H19ClN4O. The third-order valence-electron chi connectivity index (χ3n) is 3.42. The molecule has 0 atom stereocenters. The summed E-state index contributed by atoms with van der Waals surface area (Å²) in [6.07, 6.45) is 0. The second-order valence-corrected chi connectivity index (χ2v) is 5.48. The van der Waals surface area contributed by atoms with Crippen LogP contribution in [0.25, 0.3) is 0 Å². The average molecular weight is 283 g/mol. The van der Waals surface area contributed by atoms with Gasteiger partial charge in [0.05, 0.1) is 5.54 Å². The van der Waals surface area contributed by atoms with Crippen molar-refractivity contribution in [3.8, 4) is 0 Å². The Hall–Kier alpha value is -1.17. The molecule has 19 heavy (non-hydrogen) atoms. The molecule has 2 heterocycles. The molecule has 0 unspecified atom stereocenters. The van der Waals surface area contributed by atoms with E-state index in [1.54, 1.807) is 18.2 Å². The first-order chi connectivity index (χ1) is 9.00. The molecule has 0 saturated carbocycles. The van der Waals surface area contributed by atoms with Crippen LogP contribution < -0.4 is 10.6 Å². The fraction of sp³-hybridized carbons (Fsp3) is 0.538. The number of aromatic nitrogens is 1. The molecule has 1 aliphatic rings. The predicted molar refractivity (Wildman–Crippen MR) is 76.4 cm³/mol. The zero-order valence-electron chi connectivity index (χ0n) is 11.2. The lowest BCUT2D eigenvalue weighted by molar-refractivity contribution is -0.126. The van der Waals surface area contributed by atoms with Crippen molar-refractivity contribution in [2.75, 3.05) is 31.5 Å². The van der Waals surface area contributed by atoms with Crippen molar-refractivity contribution in [1.82, 2.24) is 15.2 Å². The van der Waals surface area contributed by atoms with E-state index < -0.39 is 5.54 Å². The maximum Gasteiger partial charge on any atom is 0.245 e. The van der Waals surface area contributed by atoms with E-state index in [2.05, 4.69) is 20.5 Å². The number of rotatable bonds is 3. The standard InChI is InChI=1S/C13H19ClN4O/c1-13(2,18-8-6-15-7-9-18)12(19)17-11-5-3-4-10(14)16-11/h3-5,15H,6-9H2,1-2H3,(H,16,17,19). The van der Waals surface area contributed by atoms with Gasteiger partial charge in [-0.25, -0.2) is 4.98 Å². The number of halogens is 1. The number of amides is 1. The number of pyridine rings is 1. The lowest BCUT2D eigenvalue weighted by Gasteiger charge is -2.39. The third kappa shape index (κ3) is 3.43. The number of nitrogens with one attached hydrogen (secondary N) is 2. The zero-order valence-corrected chi connectivity index (χ0v) is 12.0. The number of carbonyl (C=O) groups is 1. The van der Waals surface area contributed by atoms with Gasteiger partial charge in [-0.15, -0.1) is 0 Å². The number of hydrogen-bond acceptors (Lipinski definition) is 4. The molecule has 1 aromatic heterocycles. The molecule has 1 amide bonds. The molecule has 104 valence electrons. The number of hydrogen-bond donors (Lipinski definition) is 2. The molecule has 2 rings (SSSR count). The summed E-state index contributed by atoms with van der Waals surface area (Å²) in [5, 5.41) is 6.48. The highest BCUT2D eigenvalue weighted by Gasteiger charge is 2.35. The summed E-state index contributed by atoms with van der Waals surface area (Å²) in [6, 6.07) is 5.18. The van der Waals surface area contributed by atoms with Gasteiger partial charge in [0, 0.05) is 26.2 Å². The fourth-order valence-corrected chi connectivity index (χ4v) is 2.28. The second-order valence-electron chi connectivity index (χ2n) is 5.10.